The summed E-state index contributed by atoms with van der Waals surface area (Å²) in [6, 6.07) is 20.4. The van der Waals surface area contributed by atoms with Crippen LogP contribution in [0, 0.1) is 5.82 Å². The van der Waals surface area contributed by atoms with Crippen LogP contribution in [0.2, 0.25) is 0 Å². The van der Waals surface area contributed by atoms with Crippen LogP contribution in [0.4, 0.5) is 4.39 Å². The van der Waals surface area contributed by atoms with Gasteiger partial charge in [-0.25, -0.2) is 9.37 Å². The normalized spacial score (nSPS) is 12.5. The maximum Gasteiger partial charge on any atom is 0.155 e. The Morgan fingerprint density at radius 2 is 1.77 bits per heavy atom. The first-order chi connectivity index (χ1) is 16.8. The predicted molar refractivity (Wildman–Crippen MR) is 134 cm³/mol. The Bertz CT molecular complexity index is 1550. The first-order valence-electron chi connectivity index (χ1n) is 11.5. The summed E-state index contributed by atoms with van der Waals surface area (Å²) in [6.45, 7) is 7.15. The van der Waals surface area contributed by atoms with E-state index in [1.54, 1.807) is 18.5 Å². The van der Waals surface area contributed by atoms with Gasteiger partial charge in [0, 0.05) is 36.3 Å². The topological polar surface area (TPSA) is 64.1 Å². The number of nitrogens with zero attached hydrogens (tertiary/aromatic N) is 3. The molecule has 0 fully saturated rings. The lowest BCUT2D eigenvalue weighted by Crippen LogP contribution is -2.18. The van der Waals surface area contributed by atoms with Crippen molar-refractivity contribution in [3.63, 3.8) is 0 Å². The average Bonchev–Trinajstić information content (AvgIpc) is 3.31. The number of hydrogen-bond donors (Lipinski definition) is 1. The first-order valence-corrected chi connectivity index (χ1v) is 11.5. The van der Waals surface area contributed by atoms with Crippen molar-refractivity contribution < 1.29 is 13.6 Å². The van der Waals surface area contributed by atoms with Crippen molar-refractivity contribution in [1.29, 1.82) is 0 Å². The Labute approximate surface area is 202 Å². The van der Waals surface area contributed by atoms with Crippen LogP contribution in [0.25, 0.3) is 27.9 Å². The van der Waals surface area contributed by atoms with Crippen LogP contribution < -0.4 is 10.7 Å². The molecule has 6 nitrogen and oxygen atoms in total. The molecule has 0 atom stereocenters. The zero-order valence-electron chi connectivity index (χ0n) is 20.0. The lowest BCUT2D eigenvalue weighted by molar-refractivity contribution is -0.00585. The standard InChI is InChI=1S/C28H27FN4O2/c1-28(2,3)35-32-24-15-27(25-14-22-5-4-12-33(22)18-31-25)34-26-11-8-20(13-23(24)26)17-30-16-19-6-9-21(29)10-7-19/h4-15,18,30H,16-17H2,1-3H3. The summed E-state index contributed by atoms with van der Waals surface area (Å²) >= 11 is 0. The van der Waals surface area contributed by atoms with Gasteiger partial charge in [0.05, 0.1) is 6.33 Å². The molecular formula is C28H27FN4O2. The van der Waals surface area contributed by atoms with Crippen molar-refractivity contribution in [2.75, 3.05) is 0 Å². The van der Waals surface area contributed by atoms with Crippen LogP contribution in [0.5, 0.6) is 0 Å². The van der Waals surface area contributed by atoms with E-state index in [4.69, 9.17) is 9.25 Å². The second-order valence-electron chi connectivity index (χ2n) is 9.47. The first kappa shape index (κ1) is 22.8. The molecule has 0 aliphatic carbocycles. The molecule has 5 rings (SSSR count). The lowest BCUT2D eigenvalue weighted by atomic mass is 10.1. The number of aromatic nitrogens is 2. The third kappa shape index (κ3) is 5.41. The fraction of sp³-hybridized carbons (Fsp3) is 0.214. The molecule has 2 aromatic carbocycles. The van der Waals surface area contributed by atoms with E-state index in [9.17, 15) is 4.39 Å². The molecule has 0 saturated carbocycles. The number of rotatable bonds is 6. The Hall–Kier alpha value is -3.97. The number of fused-ring (bicyclic) bond motifs is 2. The van der Waals surface area contributed by atoms with Crippen molar-refractivity contribution in [2.45, 2.75) is 39.5 Å². The molecule has 0 aliphatic rings. The van der Waals surface area contributed by atoms with E-state index in [1.807, 2.05) is 67.8 Å². The Kier molecular flexibility index (Phi) is 6.09. The fourth-order valence-electron chi connectivity index (χ4n) is 3.74. The van der Waals surface area contributed by atoms with Gasteiger partial charge in [-0.1, -0.05) is 23.4 Å². The largest absolute Gasteiger partial charge is 0.454 e. The second-order valence-corrected chi connectivity index (χ2v) is 9.47. The highest BCUT2D eigenvalue weighted by molar-refractivity contribution is 5.79. The van der Waals surface area contributed by atoms with Crippen LogP contribution >= 0.6 is 0 Å². The maximum absolute atomic E-state index is 13.1. The van der Waals surface area contributed by atoms with Gasteiger partial charge in [0.2, 0.25) is 0 Å². The molecule has 3 aromatic heterocycles. The molecule has 0 radical (unpaired) electrons. The van der Waals surface area contributed by atoms with Crippen molar-refractivity contribution in [1.82, 2.24) is 14.7 Å². The smallest absolute Gasteiger partial charge is 0.155 e. The number of nitrogens with one attached hydrogen (secondary N) is 1. The summed E-state index contributed by atoms with van der Waals surface area (Å²) in [5.41, 5.74) is 4.10. The van der Waals surface area contributed by atoms with Crippen LogP contribution in [-0.4, -0.2) is 15.0 Å². The van der Waals surface area contributed by atoms with Gasteiger partial charge >= 0.3 is 0 Å². The minimum Gasteiger partial charge on any atom is -0.454 e. The molecule has 5 aromatic rings. The zero-order valence-corrected chi connectivity index (χ0v) is 20.0. The summed E-state index contributed by atoms with van der Waals surface area (Å²) in [4.78, 5) is 10.3. The van der Waals surface area contributed by atoms with Gasteiger partial charge in [-0.2, -0.15) is 0 Å². The van der Waals surface area contributed by atoms with E-state index in [-0.39, 0.29) is 5.82 Å². The van der Waals surface area contributed by atoms with E-state index in [0.717, 1.165) is 27.7 Å². The van der Waals surface area contributed by atoms with Crippen LogP contribution in [-0.2, 0) is 17.9 Å². The Morgan fingerprint density at radius 3 is 2.57 bits per heavy atom. The number of benzene rings is 2. The fourth-order valence-corrected chi connectivity index (χ4v) is 3.74. The van der Waals surface area contributed by atoms with Crippen molar-refractivity contribution in [2.24, 2.45) is 5.16 Å². The summed E-state index contributed by atoms with van der Waals surface area (Å²) in [5.74, 6) is 0.378. The summed E-state index contributed by atoms with van der Waals surface area (Å²) < 4.78 is 21.3. The molecule has 35 heavy (non-hydrogen) atoms. The van der Waals surface area contributed by atoms with Crippen LogP contribution in [0.3, 0.4) is 0 Å². The van der Waals surface area contributed by atoms with Gasteiger partial charge in [0.1, 0.15) is 28.1 Å². The predicted octanol–water partition coefficient (Wildman–Crippen LogP) is 5.81. The van der Waals surface area contributed by atoms with E-state index in [0.29, 0.717) is 29.8 Å². The van der Waals surface area contributed by atoms with Gasteiger partial charge in [0.15, 0.2) is 5.76 Å². The minimum absolute atomic E-state index is 0.233. The SMILES string of the molecule is CC(C)(C)ON=c1cc(-c2cc3cccn3cn2)oc2ccc(CNCc3ccc(F)cc3)cc12. The average molecular weight is 471 g/mol. The second kappa shape index (κ2) is 9.35. The molecule has 178 valence electrons. The van der Waals surface area contributed by atoms with Crippen molar-refractivity contribution in [3.05, 3.63) is 102 Å². The molecule has 0 spiro atoms. The number of halogens is 1. The summed E-state index contributed by atoms with van der Waals surface area (Å²) in [7, 11) is 0. The molecule has 0 saturated heterocycles. The van der Waals surface area contributed by atoms with Crippen LogP contribution in [0.15, 0.2) is 88.8 Å². The highest BCUT2D eigenvalue weighted by Gasteiger charge is 2.13. The summed E-state index contributed by atoms with van der Waals surface area (Å²) in [6.07, 6.45) is 3.72. The quantitative estimate of drug-likeness (QED) is 0.318. The van der Waals surface area contributed by atoms with E-state index in [1.165, 1.54) is 12.1 Å². The highest BCUT2D eigenvalue weighted by atomic mass is 19.1. The van der Waals surface area contributed by atoms with Gasteiger partial charge in [-0.15, -0.1) is 0 Å². The van der Waals surface area contributed by atoms with Crippen LogP contribution in [0.1, 0.15) is 31.9 Å². The molecule has 0 unspecified atom stereocenters. The van der Waals surface area contributed by atoms with Crippen molar-refractivity contribution >= 4 is 16.5 Å². The summed E-state index contributed by atoms with van der Waals surface area (Å²) in [5, 5.41) is 9.40. The third-order valence-electron chi connectivity index (χ3n) is 5.47. The minimum atomic E-state index is -0.434. The molecule has 0 aliphatic heterocycles. The Morgan fingerprint density at radius 1 is 1.00 bits per heavy atom. The van der Waals surface area contributed by atoms with E-state index < -0.39 is 5.60 Å². The number of hydrogen-bond acceptors (Lipinski definition) is 5. The molecular weight excluding hydrogens is 443 g/mol. The monoisotopic (exact) mass is 470 g/mol. The molecule has 7 heteroatoms. The highest BCUT2D eigenvalue weighted by Crippen LogP contribution is 2.23. The molecule has 0 bridgehead atoms. The molecule has 0 amide bonds. The molecule has 1 N–H and O–H groups in total. The van der Waals surface area contributed by atoms with Gasteiger partial charge in [0.25, 0.3) is 0 Å². The van der Waals surface area contributed by atoms with Gasteiger partial charge in [-0.05, 0) is 74.4 Å². The zero-order chi connectivity index (χ0) is 24.4. The van der Waals surface area contributed by atoms with E-state index in [2.05, 4.69) is 21.5 Å². The van der Waals surface area contributed by atoms with Crippen molar-refractivity contribution in [3.8, 4) is 11.5 Å². The lowest BCUT2D eigenvalue weighted by Gasteiger charge is -2.15. The van der Waals surface area contributed by atoms with Gasteiger partial charge in [-0.3, -0.25) is 0 Å². The maximum atomic E-state index is 13.1. The third-order valence-corrected chi connectivity index (χ3v) is 5.47. The van der Waals surface area contributed by atoms with E-state index >= 15 is 0 Å². The molecule has 3 heterocycles. The Balaban J connectivity index is 1.48. The van der Waals surface area contributed by atoms with Gasteiger partial charge < -0.3 is 19.0 Å².